The van der Waals surface area contributed by atoms with E-state index in [1.165, 1.54) is 16.1 Å². The van der Waals surface area contributed by atoms with Crippen LogP contribution in [0.5, 0.6) is 0 Å². The minimum absolute atomic E-state index is 0.0263. The Morgan fingerprint density at radius 2 is 2.00 bits per heavy atom. The minimum Gasteiger partial charge on any atom is -0.363 e. The number of aryl methyl sites for hydroxylation is 1. The molecule has 1 unspecified atom stereocenters. The lowest BCUT2D eigenvalue weighted by Crippen LogP contribution is -2.18. The smallest absolute Gasteiger partial charge is 0.273 e. The van der Waals surface area contributed by atoms with E-state index in [2.05, 4.69) is 0 Å². The topological polar surface area (TPSA) is 94.7 Å². The van der Waals surface area contributed by atoms with Gasteiger partial charge in [-0.25, -0.2) is 12.4 Å². The van der Waals surface area contributed by atoms with Gasteiger partial charge in [0.25, 0.3) is 5.69 Å². The summed E-state index contributed by atoms with van der Waals surface area (Å²) in [6, 6.07) is 4.58. The second kappa shape index (κ2) is 4.05. The van der Waals surface area contributed by atoms with Gasteiger partial charge in [-0.05, 0) is 26.0 Å². The summed E-state index contributed by atoms with van der Waals surface area (Å²) in [6.45, 7) is 3.82. The maximum Gasteiger partial charge on any atom is 0.273 e. The highest BCUT2D eigenvalue weighted by Crippen LogP contribution is 2.42. The summed E-state index contributed by atoms with van der Waals surface area (Å²) >= 11 is 0. The van der Waals surface area contributed by atoms with E-state index in [9.17, 15) is 18.5 Å². The van der Waals surface area contributed by atoms with Crippen molar-refractivity contribution in [1.82, 2.24) is 3.97 Å². The molecule has 1 aliphatic rings. The summed E-state index contributed by atoms with van der Waals surface area (Å²) < 4.78 is 30.8. The SMILES string of the molecule is Cc1cc2c(cc1[N+](=O)[O-])cc(C1(C)CO1)n2S(C)(=O)=O. The Morgan fingerprint density at radius 3 is 2.48 bits per heavy atom. The molecule has 8 heteroatoms. The third-order valence-electron chi connectivity index (χ3n) is 3.72. The molecule has 0 spiro atoms. The van der Waals surface area contributed by atoms with Crippen molar-refractivity contribution in [1.29, 1.82) is 0 Å². The van der Waals surface area contributed by atoms with Crippen LogP contribution in [0.3, 0.4) is 0 Å². The molecule has 7 nitrogen and oxygen atoms in total. The van der Waals surface area contributed by atoms with E-state index in [-0.39, 0.29) is 5.69 Å². The first kappa shape index (κ1) is 14.0. The van der Waals surface area contributed by atoms with Gasteiger partial charge in [-0.1, -0.05) is 0 Å². The number of hydrogen-bond acceptors (Lipinski definition) is 5. The average Bonchev–Trinajstić information content (AvgIpc) is 2.97. The number of fused-ring (bicyclic) bond motifs is 1. The molecule has 1 fully saturated rings. The molecule has 0 bridgehead atoms. The lowest BCUT2D eigenvalue weighted by molar-refractivity contribution is -0.385. The predicted molar refractivity (Wildman–Crippen MR) is 76.9 cm³/mol. The van der Waals surface area contributed by atoms with E-state index in [0.717, 1.165) is 6.26 Å². The van der Waals surface area contributed by atoms with Crippen molar-refractivity contribution in [3.05, 3.63) is 39.6 Å². The summed E-state index contributed by atoms with van der Waals surface area (Å²) in [4.78, 5) is 10.5. The maximum absolute atomic E-state index is 12.1. The number of rotatable bonds is 3. The molecule has 1 aromatic heterocycles. The van der Waals surface area contributed by atoms with Crippen LogP contribution in [0.15, 0.2) is 18.2 Å². The van der Waals surface area contributed by atoms with Crippen LogP contribution in [-0.2, 0) is 20.4 Å². The van der Waals surface area contributed by atoms with Crippen molar-refractivity contribution in [3.8, 4) is 0 Å². The van der Waals surface area contributed by atoms with E-state index >= 15 is 0 Å². The van der Waals surface area contributed by atoms with Gasteiger partial charge in [0.2, 0.25) is 10.0 Å². The quantitative estimate of drug-likeness (QED) is 0.490. The van der Waals surface area contributed by atoms with Gasteiger partial charge in [-0.2, -0.15) is 0 Å². The Hall–Kier alpha value is -1.93. The van der Waals surface area contributed by atoms with Crippen molar-refractivity contribution in [3.63, 3.8) is 0 Å². The fraction of sp³-hybridized carbons (Fsp3) is 0.385. The Balaban J connectivity index is 2.41. The van der Waals surface area contributed by atoms with Crippen LogP contribution in [-0.4, -0.2) is 30.2 Å². The van der Waals surface area contributed by atoms with Gasteiger partial charge in [0.1, 0.15) is 5.60 Å². The van der Waals surface area contributed by atoms with Crippen molar-refractivity contribution >= 4 is 26.6 Å². The van der Waals surface area contributed by atoms with Crippen LogP contribution in [0.1, 0.15) is 18.2 Å². The molecule has 1 atom stereocenters. The molecule has 2 aromatic rings. The molecule has 0 N–H and O–H groups in total. The van der Waals surface area contributed by atoms with E-state index in [1.54, 1.807) is 19.9 Å². The number of epoxide rings is 1. The van der Waals surface area contributed by atoms with Crippen LogP contribution < -0.4 is 0 Å². The van der Waals surface area contributed by atoms with Gasteiger partial charge < -0.3 is 4.74 Å². The van der Waals surface area contributed by atoms with Crippen LogP contribution in [0, 0.1) is 17.0 Å². The van der Waals surface area contributed by atoms with Crippen molar-refractivity contribution in [2.24, 2.45) is 0 Å². The van der Waals surface area contributed by atoms with Gasteiger partial charge in [-0.3, -0.25) is 10.1 Å². The van der Waals surface area contributed by atoms with Gasteiger partial charge in [0, 0.05) is 17.0 Å². The van der Waals surface area contributed by atoms with Gasteiger partial charge >= 0.3 is 0 Å². The Morgan fingerprint density at radius 1 is 1.38 bits per heavy atom. The van der Waals surface area contributed by atoms with E-state index < -0.39 is 20.5 Å². The minimum atomic E-state index is -3.54. The zero-order valence-electron chi connectivity index (χ0n) is 11.8. The highest BCUT2D eigenvalue weighted by molar-refractivity contribution is 7.89. The third-order valence-corrected chi connectivity index (χ3v) is 4.78. The molecule has 1 aliphatic heterocycles. The molecule has 0 amide bonds. The first-order valence-electron chi connectivity index (χ1n) is 6.29. The van der Waals surface area contributed by atoms with Crippen molar-refractivity contribution < 1.29 is 18.1 Å². The normalized spacial score (nSPS) is 21.7. The zero-order chi connectivity index (χ0) is 15.6. The number of ether oxygens (including phenoxy) is 1. The Kier molecular flexibility index (Phi) is 2.70. The highest BCUT2D eigenvalue weighted by Gasteiger charge is 2.45. The summed E-state index contributed by atoms with van der Waals surface area (Å²) in [7, 11) is -3.54. The molecule has 1 aromatic carbocycles. The van der Waals surface area contributed by atoms with Crippen LogP contribution in [0.2, 0.25) is 0 Å². The molecular formula is C13H14N2O5S. The fourth-order valence-corrected chi connectivity index (χ4v) is 3.62. The number of nitro groups is 1. The lowest BCUT2D eigenvalue weighted by atomic mass is 10.1. The van der Waals surface area contributed by atoms with Gasteiger partial charge in [-0.15, -0.1) is 0 Å². The highest BCUT2D eigenvalue weighted by atomic mass is 32.2. The third kappa shape index (κ3) is 2.11. The summed E-state index contributed by atoms with van der Waals surface area (Å²) in [5, 5.41) is 11.5. The second-order valence-corrected chi connectivity index (χ2v) is 7.36. The molecule has 1 saturated heterocycles. The number of nitro benzene ring substituents is 1. The fourth-order valence-electron chi connectivity index (χ4n) is 2.50. The second-order valence-electron chi connectivity index (χ2n) is 5.53. The summed E-state index contributed by atoms with van der Waals surface area (Å²) in [6.07, 6.45) is 1.11. The van der Waals surface area contributed by atoms with Crippen LogP contribution in [0.4, 0.5) is 5.69 Å². The lowest BCUT2D eigenvalue weighted by Gasteiger charge is -2.11. The van der Waals surface area contributed by atoms with Crippen LogP contribution >= 0.6 is 0 Å². The van der Waals surface area contributed by atoms with E-state index in [0.29, 0.717) is 28.8 Å². The molecule has 3 rings (SSSR count). The number of hydrogen-bond donors (Lipinski definition) is 0. The Bertz CT molecular complexity index is 878. The molecule has 21 heavy (non-hydrogen) atoms. The average molecular weight is 310 g/mol. The maximum atomic E-state index is 12.1. The van der Waals surface area contributed by atoms with Crippen molar-refractivity contribution in [2.75, 3.05) is 12.9 Å². The first-order valence-corrected chi connectivity index (χ1v) is 8.14. The standard InChI is InChI=1S/C13H14N2O5S/c1-8-4-11-9(5-10(8)15(16)17)6-12(13(2)7-20-13)14(11)21(3,18)19/h4-6H,7H2,1-3H3. The first-order chi connectivity index (χ1) is 9.63. The molecule has 0 saturated carbocycles. The van der Waals surface area contributed by atoms with E-state index in [4.69, 9.17) is 4.74 Å². The zero-order valence-corrected chi connectivity index (χ0v) is 12.6. The Labute approximate surface area is 121 Å². The predicted octanol–water partition coefficient (Wildman–Crippen LogP) is 1.91. The summed E-state index contributed by atoms with van der Waals surface area (Å²) in [5.74, 6) is 0. The molecule has 2 heterocycles. The van der Waals surface area contributed by atoms with Gasteiger partial charge in [0.05, 0.1) is 29.0 Å². The summed E-state index contributed by atoms with van der Waals surface area (Å²) in [5.41, 5.74) is 0.683. The number of aromatic nitrogens is 1. The number of benzene rings is 1. The van der Waals surface area contributed by atoms with Crippen molar-refractivity contribution in [2.45, 2.75) is 19.4 Å². The molecule has 0 aliphatic carbocycles. The number of nitrogens with zero attached hydrogens (tertiary/aromatic N) is 2. The molecule has 112 valence electrons. The van der Waals surface area contributed by atoms with Crippen LogP contribution in [0.25, 0.3) is 10.9 Å². The largest absolute Gasteiger partial charge is 0.363 e. The van der Waals surface area contributed by atoms with Gasteiger partial charge in [0.15, 0.2) is 0 Å². The molecule has 0 radical (unpaired) electrons. The van der Waals surface area contributed by atoms with E-state index in [1.807, 2.05) is 0 Å². The molecular weight excluding hydrogens is 296 g/mol. The monoisotopic (exact) mass is 310 g/mol.